The Morgan fingerprint density at radius 1 is 1.03 bits per heavy atom. The van der Waals surface area contributed by atoms with Gasteiger partial charge in [0.2, 0.25) is 15.9 Å². The normalized spacial score (nSPS) is 16.3. The predicted octanol–water partition coefficient (Wildman–Crippen LogP) is 2.02. The molecule has 0 spiro atoms. The van der Waals surface area contributed by atoms with E-state index in [-0.39, 0.29) is 12.3 Å². The molecule has 0 aliphatic carbocycles. The fourth-order valence-corrected chi connectivity index (χ4v) is 4.36. The molecule has 1 heterocycles. The van der Waals surface area contributed by atoms with Crippen LogP contribution in [0.2, 0.25) is 0 Å². The molecule has 0 saturated carbocycles. The summed E-state index contributed by atoms with van der Waals surface area (Å²) in [5.41, 5.74) is 1.99. The van der Waals surface area contributed by atoms with E-state index in [9.17, 15) is 13.2 Å². The van der Waals surface area contributed by atoms with Crippen molar-refractivity contribution in [1.82, 2.24) is 14.5 Å². The van der Waals surface area contributed by atoms with Gasteiger partial charge in [0.15, 0.2) is 0 Å². The summed E-state index contributed by atoms with van der Waals surface area (Å²) in [6, 6.07) is 16.8. The summed E-state index contributed by atoms with van der Waals surface area (Å²) >= 11 is 0. The number of amides is 1. The molecule has 0 radical (unpaired) electrons. The van der Waals surface area contributed by atoms with Crippen molar-refractivity contribution in [2.75, 3.05) is 39.5 Å². The van der Waals surface area contributed by atoms with Gasteiger partial charge in [-0.25, -0.2) is 13.1 Å². The van der Waals surface area contributed by atoms with Crippen LogP contribution in [-0.2, 0) is 21.4 Å². The van der Waals surface area contributed by atoms with E-state index in [1.165, 1.54) is 5.56 Å². The van der Waals surface area contributed by atoms with Gasteiger partial charge in [0.25, 0.3) is 0 Å². The molecule has 1 aliphatic heterocycles. The van der Waals surface area contributed by atoms with E-state index in [0.717, 1.165) is 31.5 Å². The number of ether oxygens (including phenoxy) is 1. The van der Waals surface area contributed by atoms with E-state index in [0.29, 0.717) is 18.8 Å². The molecule has 2 aromatic rings. The van der Waals surface area contributed by atoms with Crippen molar-refractivity contribution in [3.63, 3.8) is 0 Å². The lowest BCUT2D eigenvalue weighted by atomic mass is 10.0. The number of nitrogens with zero attached hydrogens (tertiary/aromatic N) is 2. The van der Waals surface area contributed by atoms with E-state index >= 15 is 0 Å². The molecule has 1 atom stereocenters. The second-order valence-corrected chi connectivity index (χ2v) is 9.34. The minimum atomic E-state index is -3.47. The minimum Gasteiger partial charge on any atom is -0.497 e. The zero-order chi connectivity index (χ0) is 21.6. The monoisotopic (exact) mass is 431 g/mol. The van der Waals surface area contributed by atoms with Gasteiger partial charge in [-0.2, -0.15) is 0 Å². The lowest BCUT2D eigenvalue weighted by Crippen LogP contribution is -2.49. The number of nitrogens with one attached hydrogen (secondary N) is 1. The van der Waals surface area contributed by atoms with Crippen LogP contribution in [0.5, 0.6) is 5.75 Å². The third kappa shape index (κ3) is 6.55. The highest BCUT2D eigenvalue weighted by Gasteiger charge is 2.26. The molecule has 1 unspecified atom stereocenters. The van der Waals surface area contributed by atoms with Gasteiger partial charge in [-0.1, -0.05) is 42.5 Å². The van der Waals surface area contributed by atoms with Gasteiger partial charge < -0.3 is 9.64 Å². The number of rotatable bonds is 8. The zero-order valence-corrected chi connectivity index (χ0v) is 18.3. The van der Waals surface area contributed by atoms with Gasteiger partial charge in [-0.05, 0) is 23.3 Å². The predicted molar refractivity (Wildman–Crippen MR) is 117 cm³/mol. The quantitative estimate of drug-likeness (QED) is 0.692. The van der Waals surface area contributed by atoms with Crippen molar-refractivity contribution in [3.8, 4) is 5.75 Å². The molecular formula is C22H29N3O4S. The van der Waals surface area contributed by atoms with Crippen LogP contribution < -0.4 is 9.46 Å². The van der Waals surface area contributed by atoms with Crippen LogP contribution >= 0.6 is 0 Å². The van der Waals surface area contributed by atoms with E-state index in [1.54, 1.807) is 31.4 Å². The van der Waals surface area contributed by atoms with Crippen LogP contribution in [0.4, 0.5) is 0 Å². The Morgan fingerprint density at radius 3 is 2.23 bits per heavy atom. The number of hydrogen-bond acceptors (Lipinski definition) is 5. The van der Waals surface area contributed by atoms with Gasteiger partial charge >= 0.3 is 0 Å². The number of hydrogen-bond donors (Lipinski definition) is 1. The van der Waals surface area contributed by atoms with E-state index in [1.807, 2.05) is 23.1 Å². The summed E-state index contributed by atoms with van der Waals surface area (Å²) < 4.78 is 31.4. The summed E-state index contributed by atoms with van der Waals surface area (Å²) in [4.78, 5) is 17.1. The number of sulfonamides is 1. The number of carbonyl (C=O) groups excluding carboxylic acids is 1. The smallest absolute Gasteiger partial charge is 0.224 e. The van der Waals surface area contributed by atoms with Crippen LogP contribution in [-0.4, -0.2) is 63.7 Å². The van der Waals surface area contributed by atoms with Crippen molar-refractivity contribution in [3.05, 3.63) is 65.7 Å². The number of methoxy groups -OCH3 is 1. The SMILES string of the molecule is COc1ccc(C(CC(=O)N2CCN(Cc3ccccc3)CC2)NS(C)(=O)=O)cc1. The highest BCUT2D eigenvalue weighted by Crippen LogP contribution is 2.22. The Kier molecular flexibility index (Phi) is 7.47. The van der Waals surface area contributed by atoms with Crippen LogP contribution in [0.3, 0.4) is 0 Å². The van der Waals surface area contributed by atoms with Crippen molar-refractivity contribution >= 4 is 15.9 Å². The molecular weight excluding hydrogens is 402 g/mol. The Hall–Kier alpha value is -2.42. The zero-order valence-electron chi connectivity index (χ0n) is 17.5. The van der Waals surface area contributed by atoms with Crippen LogP contribution in [0.1, 0.15) is 23.6 Å². The molecule has 30 heavy (non-hydrogen) atoms. The lowest BCUT2D eigenvalue weighted by Gasteiger charge is -2.35. The topological polar surface area (TPSA) is 79.0 Å². The third-order valence-corrected chi connectivity index (χ3v) is 5.94. The Bertz CT molecular complexity index is 925. The van der Waals surface area contributed by atoms with Crippen LogP contribution in [0.25, 0.3) is 0 Å². The molecule has 1 aliphatic rings. The number of carbonyl (C=O) groups is 1. The second-order valence-electron chi connectivity index (χ2n) is 7.56. The second kappa shape index (κ2) is 10.1. The molecule has 1 fully saturated rings. The number of piperazine rings is 1. The first-order valence-corrected chi connectivity index (χ1v) is 11.9. The first-order valence-electron chi connectivity index (χ1n) is 9.99. The number of benzene rings is 2. The molecule has 1 N–H and O–H groups in total. The Balaban J connectivity index is 1.60. The molecule has 162 valence electrons. The van der Waals surface area contributed by atoms with Gasteiger partial charge in [-0.3, -0.25) is 9.69 Å². The first kappa shape index (κ1) is 22.3. The van der Waals surface area contributed by atoms with E-state index in [2.05, 4.69) is 21.8 Å². The maximum Gasteiger partial charge on any atom is 0.224 e. The third-order valence-electron chi connectivity index (χ3n) is 5.23. The summed E-state index contributed by atoms with van der Waals surface area (Å²) in [6.07, 6.45) is 1.19. The van der Waals surface area contributed by atoms with Gasteiger partial charge in [0, 0.05) is 39.1 Å². The average molecular weight is 432 g/mol. The Morgan fingerprint density at radius 2 is 1.67 bits per heavy atom. The van der Waals surface area contributed by atoms with Crippen molar-refractivity contribution < 1.29 is 17.9 Å². The molecule has 3 rings (SSSR count). The van der Waals surface area contributed by atoms with Crippen molar-refractivity contribution in [1.29, 1.82) is 0 Å². The van der Waals surface area contributed by atoms with E-state index < -0.39 is 16.1 Å². The maximum atomic E-state index is 12.9. The summed E-state index contributed by atoms with van der Waals surface area (Å²) in [7, 11) is -1.90. The van der Waals surface area contributed by atoms with Gasteiger partial charge in [0.1, 0.15) is 5.75 Å². The Labute approximate surface area is 178 Å². The molecule has 0 aromatic heterocycles. The molecule has 7 nitrogen and oxygen atoms in total. The minimum absolute atomic E-state index is 0.0497. The fourth-order valence-electron chi connectivity index (χ4n) is 3.62. The summed E-state index contributed by atoms with van der Waals surface area (Å²) in [5.74, 6) is 0.629. The van der Waals surface area contributed by atoms with Crippen LogP contribution in [0.15, 0.2) is 54.6 Å². The van der Waals surface area contributed by atoms with Gasteiger partial charge in [-0.15, -0.1) is 0 Å². The average Bonchev–Trinajstić information content (AvgIpc) is 2.73. The lowest BCUT2D eigenvalue weighted by molar-refractivity contribution is -0.133. The van der Waals surface area contributed by atoms with E-state index in [4.69, 9.17) is 4.74 Å². The van der Waals surface area contributed by atoms with Crippen molar-refractivity contribution in [2.45, 2.75) is 19.0 Å². The largest absolute Gasteiger partial charge is 0.497 e. The molecule has 0 bridgehead atoms. The van der Waals surface area contributed by atoms with Crippen molar-refractivity contribution in [2.24, 2.45) is 0 Å². The maximum absolute atomic E-state index is 12.9. The first-order chi connectivity index (χ1) is 14.3. The molecule has 2 aromatic carbocycles. The fraction of sp³-hybridized carbons (Fsp3) is 0.409. The van der Waals surface area contributed by atoms with Crippen LogP contribution in [0, 0.1) is 0 Å². The summed E-state index contributed by atoms with van der Waals surface area (Å²) in [5, 5.41) is 0. The molecule has 8 heteroatoms. The highest BCUT2D eigenvalue weighted by atomic mass is 32.2. The van der Waals surface area contributed by atoms with Gasteiger partial charge in [0.05, 0.1) is 19.4 Å². The molecule has 1 saturated heterocycles. The standard InChI is InChI=1S/C22H29N3O4S/c1-29-20-10-8-19(9-11-20)21(23-30(2,27)28)16-22(26)25-14-12-24(13-15-25)17-18-6-4-3-5-7-18/h3-11,21,23H,12-17H2,1-2H3. The highest BCUT2D eigenvalue weighted by molar-refractivity contribution is 7.88. The molecule has 1 amide bonds. The summed E-state index contributed by atoms with van der Waals surface area (Å²) in [6.45, 7) is 3.74.